The Hall–Kier alpha value is -3.97. The lowest BCUT2D eigenvalue weighted by Gasteiger charge is -2.39. The molecule has 0 aliphatic carbocycles. The molecule has 0 radical (unpaired) electrons. The summed E-state index contributed by atoms with van der Waals surface area (Å²) in [6.45, 7) is 11.3. The summed E-state index contributed by atoms with van der Waals surface area (Å²) in [6.07, 6.45) is 8.20. The van der Waals surface area contributed by atoms with Crippen LogP contribution in [0.1, 0.15) is 48.0 Å². The fourth-order valence-corrected chi connectivity index (χ4v) is 5.78. The Kier molecular flexibility index (Phi) is 10.8. The minimum Gasteiger partial charge on any atom is -0.497 e. The molecule has 1 aliphatic rings. The predicted octanol–water partition coefficient (Wildman–Crippen LogP) is 6.12. The summed E-state index contributed by atoms with van der Waals surface area (Å²) in [5.74, 6) is 2.53. The fraction of sp³-hybridized carbons (Fsp3) is 0.297. The molecule has 4 aromatic rings. The van der Waals surface area contributed by atoms with E-state index in [4.69, 9.17) is 26.3 Å². The number of hydrogen-bond acceptors (Lipinski definition) is 6. The van der Waals surface area contributed by atoms with Crippen molar-refractivity contribution in [2.45, 2.75) is 39.9 Å². The van der Waals surface area contributed by atoms with Crippen LogP contribution in [0.15, 0.2) is 84.9 Å². The van der Waals surface area contributed by atoms with Crippen LogP contribution in [0.3, 0.4) is 0 Å². The highest BCUT2D eigenvalue weighted by molar-refractivity contribution is 6.30. The highest BCUT2D eigenvalue weighted by Crippen LogP contribution is 2.31. The van der Waals surface area contributed by atoms with Gasteiger partial charge >= 0.3 is 0 Å². The number of anilines is 1. The van der Waals surface area contributed by atoms with E-state index in [-0.39, 0.29) is 6.04 Å². The Balaban J connectivity index is 1.34. The minimum atomic E-state index is 0.182. The fourth-order valence-electron chi connectivity index (χ4n) is 5.66. The second kappa shape index (κ2) is 15.2. The third kappa shape index (κ3) is 7.94. The van der Waals surface area contributed by atoms with Gasteiger partial charge in [-0.05, 0) is 67.8 Å². The third-order valence-corrected chi connectivity index (χ3v) is 8.34. The van der Waals surface area contributed by atoms with Crippen LogP contribution < -0.4 is 20.6 Å². The lowest BCUT2D eigenvalue weighted by atomic mass is 9.95. The summed E-state index contributed by atoms with van der Waals surface area (Å²) >= 11 is 6.25. The maximum Gasteiger partial charge on any atom is 0.145 e. The molecule has 1 atom stereocenters. The van der Waals surface area contributed by atoms with Crippen LogP contribution in [-0.2, 0) is 13.1 Å². The van der Waals surface area contributed by atoms with E-state index < -0.39 is 0 Å². The second-order valence-corrected chi connectivity index (χ2v) is 11.6. The molecule has 2 heterocycles. The van der Waals surface area contributed by atoms with E-state index in [1.807, 2.05) is 50.3 Å². The van der Waals surface area contributed by atoms with E-state index in [9.17, 15) is 0 Å². The Morgan fingerprint density at radius 1 is 0.886 bits per heavy atom. The zero-order chi connectivity index (χ0) is 30.9. The molecule has 1 N–H and O–H groups in total. The predicted molar refractivity (Wildman–Crippen MR) is 182 cm³/mol. The van der Waals surface area contributed by atoms with Gasteiger partial charge in [0.05, 0.1) is 25.0 Å². The van der Waals surface area contributed by atoms with Gasteiger partial charge in [-0.2, -0.15) is 0 Å². The summed E-state index contributed by atoms with van der Waals surface area (Å²) < 4.78 is 5.31. The Bertz CT molecular complexity index is 1610. The first-order valence-electron chi connectivity index (χ1n) is 15.3. The summed E-state index contributed by atoms with van der Waals surface area (Å²) in [4.78, 5) is 15.1. The van der Waals surface area contributed by atoms with Crippen molar-refractivity contribution in [1.82, 2.24) is 19.8 Å². The van der Waals surface area contributed by atoms with Crippen LogP contribution in [0, 0.1) is 6.92 Å². The Morgan fingerprint density at radius 2 is 1.55 bits per heavy atom. The molecule has 0 spiro atoms. The Morgan fingerprint density at radius 3 is 2.16 bits per heavy atom. The number of piperazine rings is 1. The van der Waals surface area contributed by atoms with Crippen molar-refractivity contribution in [1.29, 1.82) is 0 Å². The van der Waals surface area contributed by atoms with Gasteiger partial charge in [-0.1, -0.05) is 83.9 Å². The molecule has 0 amide bonds. The Labute approximate surface area is 266 Å². The number of hydrogen-bond donors (Lipinski definition) is 1. The number of halogens is 1. The number of benzene rings is 3. The molecule has 1 unspecified atom stereocenters. The van der Waals surface area contributed by atoms with Crippen molar-refractivity contribution >= 4 is 29.6 Å². The van der Waals surface area contributed by atoms with Crippen LogP contribution in [0.5, 0.6) is 5.75 Å². The molecule has 5 rings (SSSR count). The zero-order valence-electron chi connectivity index (χ0n) is 26.1. The lowest BCUT2D eigenvalue weighted by Crippen LogP contribution is -2.48. The van der Waals surface area contributed by atoms with Crippen molar-refractivity contribution in [3.05, 3.63) is 129 Å². The van der Waals surface area contributed by atoms with E-state index in [1.165, 1.54) is 16.7 Å². The van der Waals surface area contributed by atoms with Gasteiger partial charge in [0.15, 0.2) is 0 Å². The van der Waals surface area contributed by atoms with Gasteiger partial charge in [0.1, 0.15) is 17.4 Å². The average molecular weight is 608 g/mol. The molecule has 7 heteroatoms. The van der Waals surface area contributed by atoms with Crippen molar-refractivity contribution < 1.29 is 4.74 Å². The van der Waals surface area contributed by atoms with Crippen molar-refractivity contribution in [2.75, 3.05) is 38.6 Å². The highest BCUT2D eigenvalue weighted by Gasteiger charge is 2.27. The van der Waals surface area contributed by atoms with Gasteiger partial charge in [-0.25, -0.2) is 9.97 Å². The summed E-state index contributed by atoms with van der Waals surface area (Å²) in [6, 6.07) is 25.5. The number of ether oxygens (including phenoxy) is 1. The van der Waals surface area contributed by atoms with Crippen LogP contribution in [0.2, 0.25) is 5.02 Å². The number of methoxy groups -OCH3 is 1. The first-order chi connectivity index (χ1) is 21.5. The first-order valence-corrected chi connectivity index (χ1v) is 15.7. The van der Waals surface area contributed by atoms with Crippen LogP contribution in [0.25, 0.3) is 12.2 Å². The number of allylic oxidation sites excluding steroid dienone is 2. The van der Waals surface area contributed by atoms with E-state index in [0.717, 1.165) is 64.7 Å². The standard InChI is InChI=1S/C37H42ClN5O/c1-5-7-8-34-33(6-2)37(39-25-28-11-19-32(44-4)20-12-28)41-35(40-34)26-42-21-23-43(24-22-42)36(29-13-9-27(3)10-14-29)30-15-17-31(38)18-16-30/h5-20,36H,21-26H2,1-4H3,(H,39,40,41)/b7-5-,33-6+,34-8+. The molecular weight excluding hydrogens is 566 g/mol. The van der Waals surface area contributed by atoms with E-state index >= 15 is 0 Å². The van der Waals surface area contributed by atoms with Crippen LogP contribution in [0.4, 0.5) is 5.82 Å². The van der Waals surface area contributed by atoms with E-state index in [2.05, 4.69) is 82.7 Å². The summed E-state index contributed by atoms with van der Waals surface area (Å²) in [7, 11) is 1.68. The molecule has 0 saturated carbocycles. The number of rotatable bonds is 10. The lowest BCUT2D eigenvalue weighted by molar-refractivity contribution is 0.103. The van der Waals surface area contributed by atoms with Crippen molar-refractivity contribution in [2.24, 2.45) is 0 Å². The number of aryl methyl sites for hydroxylation is 1. The first kappa shape index (κ1) is 31.5. The monoisotopic (exact) mass is 607 g/mol. The van der Waals surface area contributed by atoms with Crippen LogP contribution in [-0.4, -0.2) is 53.1 Å². The van der Waals surface area contributed by atoms with E-state index in [0.29, 0.717) is 13.1 Å². The summed E-state index contributed by atoms with van der Waals surface area (Å²) in [5.41, 5.74) is 4.99. The molecule has 44 heavy (non-hydrogen) atoms. The van der Waals surface area contributed by atoms with E-state index in [1.54, 1.807) is 7.11 Å². The van der Waals surface area contributed by atoms with Gasteiger partial charge < -0.3 is 10.1 Å². The van der Waals surface area contributed by atoms with Gasteiger partial charge in [0.2, 0.25) is 0 Å². The molecule has 6 nitrogen and oxygen atoms in total. The minimum absolute atomic E-state index is 0.182. The van der Waals surface area contributed by atoms with Crippen molar-refractivity contribution in [3.63, 3.8) is 0 Å². The molecule has 0 bridgehead atoms. The van der Waals surface area contributed by atoms with Gasteiger partial charge in [-0.3, -0.25) is 9.80 Å². The molecule has 1 saturated heterocycles. The normalized spacial score (nSPS) is 16.0. The maximum absolute atomic E-state index is 6.25. The molecule has 1 fully saturated rings. The largest absolute Gasteiger partial charge is 0.497 e. The van der Waals surface area contributed by atoms with Gasteiger partial charge in [-0.15, -0.1) is 0 Å². The molecule has 3 aromatic carbocycles. The smallest absolute Gasteiger partial charge is 0.145 e. The van der Waals surface area contributed by atoms with Crippen LogP contribution >= 0.6 is 11.6 Å². The quantitative estimate of drug-likeness (QED) is 0.234. The number of nitrogens with zero attached hydrogens (tertiary/aromatic N) is 4. The number of nitrogens with one attached hydrogen (secondary N) is 1. The molecule has 1 aromatic heterocycles. The second-order valence-electron chi connectivity index (χ2n) is 11.1. The SMILES string of the molecule is C\C=C/C=c1/nc(CN2CCN(C(c3ccc(C)cc3)c3ccc(Cl)cc3)CC2)nc(NCc2ccc(OC)cc2)/c1=C/C. The molecular formula is C37H42ClN5O. The highest BCUT2D eigenvalue weighted by atomic mass is 35.5. The van der Waals surface area contributed by atoms with Gasteiger partial charge in [0.25, 0.3) is 0 Å². The number of aromatic nitrogens is 2. The zero-order valence-corrected chi connectivity index (χ0v) is 26.9. The maximum atomic E-state index is 6.25. The molecule has 1 aliphatic heterocycles. The summed E-state index contributed by atoms with van der Waals surface area (Å²) in [5, 5.41) is 6.27. The average Bonchev–Trinajstić information content (AvgIpc) is 3.05. The topological polar surface area (TPSA) is 53.5 Å². The van der Waals surface area contributed by atoms with Crippen molar-refractivity contribution in [3.8, 4) is 5.75 Å². The van der Waals surface area contributed by atoms with Gasteiger partial charge in [0, 0.05) is 43.0 Å². The molecule has 228 valence electrons. The third-order valence-electron chi connectivity index (χ3n) is 8.09.